The number of anilines is 1. The highest BCUT2D eigenvalue weighted by Crippen LogP contribution is 2.41. The van der Waals surface area contributed by atoms with Gasteiger partial charge in [0.25, 0.3) is 0 Å². The van der Waals surface area contributed by atoms with Crippen LogP contribution in [0.3, 0.4) is 0 Å². The Morgan fingerprint density at radius 2 is 1.80 bits per heavy atom. The van der Waals surface area contributed by atoms with E-state index in [0.717, 1.165) is 24.5 Å². The van der Waals surface area contributed by atoms with Crippen LogP contribution >= 0.6 is 11.3 Å². The summed E-state index contributed by atoms with van der Waals surface area (Å²) < 4.78 is 42.0. The Morgan fingerprint density at radius 3 is 2.50 bits per heavy atom. The van der Waals surface area contributed by atoms with E-state index in [0.29, 0.717) is 47.5 Å². The molecule has 2 aliphatic rings. The predicted molar refractivity (Wildman–Crippen MR) is 110 cm³/mol. The fourth-order valence-electron chi connectivity index (χ4n) is 3.92. The maximum absolute atomic E-state index is 14.2. The van der Waals surface area contributed by atoms with Crippen LogP contribution in [0.15, 0.2) is 30.3 Å². The molecule has 0 spiro atoms. The smallest absolute Gasteiger partial charge is 0.227 e. The van der Waals surface area contributed by atoms with E-state index in [1.54, 1.807) is 4.90 Å². The number of carbonyl (C=O) groups excluding carboxylic acids is 1. The van der Waals surface area contributed by atoms with E-state index in [1.807, 2.05) is 17.0 Å². The topological polar surface area (TPSA) is 36.4 Å². The third kappa shape index (κ3) is 3.76. The first kappa shape index (κ1) is 19.4. The van der Waals surface area contributed by atoms with Gasteiger partial charge < -0.3 is 9.80 Å². The molecule has 0 unspecified atom stereocenters. The number of rotatable bonds is 4. The summed E-state index contributed by atoms with van der Waals surface area (Å²) in [5.74, 6) is -1.19. The minimum absolute atomic E-state index is 0.0364. The molecule has 2 aromatic carbocycles. The zero-order valence-corrected chi connectivity index (χ0v) is 17.0. The third-order valence-corrected chi connectivity index (χ3v) is 6.81. The number of hydrogen-bond donors (Lipinski definition) is 0. The molecule has 1 amide bonds. The lowest BCUT2D eigenvalue weighted by molar-refractivity contribution is -0.130. The summed E-state index contributed by atoms with van der Waals surface area (Å²) in [5, 5.41) is 0.624. The molecule has 156 valence electrons. The summed E-state index contributed by atoms with van der Waals surface area (Å²) in [6.07, 6.45) is 2.25. The second kappa shape index (κ2) is 7.58. The molecule has 1 aromatic heterocycles. The Bertz CT molecular complexity index is 1120. The van der Waals surface area contributed by atoms with Gasteiger partial charge in [-0.3, -0.25) is 4.79 Å². The zero-order valence-electron chi connectivity index (χ0n) is 16.2. The van der Waals surface area contributed by atoms with Crippen LogP contribution in [0.4, 0.5) is 18.3 Å². The molecule has 1 aliphatic carbocycles. The van der Waals surface area contributed by atoms with Gasteiger partial charge in [0.15, 0.2) is 10.9 Å². The number of piperazine rings is 1. The number of benzene rings is 2. The van der Waals surface area contributed by atoms with Crippen molar-refractivity contribution < 1.29 is 18.0 Å². The van der Waals surface area contributed by atoms with E-state index in [2.05, 4.69) is 4.98 Å². The average molecular weight is 431 g/mol. The SMILES string of the molecule is O=C(Cc1ccc(C2CC2)c(F)c1)N1CCN(c2nc3c(F)cc(F)cc3s2)CC1. The first-order valence-corrected chi connectivity index (χ1v) is 10.9. The molecule has 0 N–H and O–H groups in total. The van der Waals surface area contributed by atoms with Gasteiger partial charge in [-0.2, -0.15) is 0 Å². The largest absolute Gasteiger partial charge is 0.345 e. The molecule has 2 fully saturated rings. The van der Waals surface area contributed by atoms with Gasteiger partial charge >= 0.3 is 0 Å². The molecule has 2 heterocycles. The van der Waals surface area contributed by atoms with Crippen molar-refractivity contribution in [2.75, 3.05) is 31.1 Å². The van der Waals surface area contributed by atoms with Gasteiger partial charge in [0.05, 0.1) is 11.1 Å². The fraction of sp³-hybridized carbons (Fsp3) is 0.364. The average Bonchev–Trinajstić information content (AvgIpc) is 3.46. The molecule has 1 saturated carbocycles. The van der Waals surface area contributed by atoms with Crippen molar-refractivity contribution in [2.45, 2.75) is 25.2 Å². The van der Waals surface area contributed by atoms with E-state index in [-0.39, 0.29) is 23.7 Å². The van der Waals surface area contributed by atoms with Gasteiger partial charge in [-0.1, -0.05) is 23.5 Å². The molecule has 30 heavy (non-hydrogen) atoms. The van der Waals surface area contributed by atoms with Crippen LogP contribution < -0.4 is 4.90 Å². The van der Waals surface area contributed by atoms with Crippen molar-refractivity contribution in [3.63, 3.8) is 0 Å². The molecule has 0 atom stereocenters. The lowest BCUT2D eigenvalue weighted by Crippen LogP contribution is -2.49. The monoisotopic (exact) mass is 431 g/mol. The quantitative estimate of drug-likeness (QED) is 0.611. The Kier molecular flexibility index (Phi) is 4.89. The van der Waals surface area contributed by atoms with Gasteiger partial charge in [-0.05, 0) is 42.0 Å². The Morgan fingerprint density at radius 1 is 1.03 bits per heavy atom. The summed E-state index contributed by atoms with van der Waals surface area (Å²) in [4.78, 5) is 20.7. The number of amides is 1. The highest BCUT2D eigenvalue weighted by molar-refractivity contribution is 7.22. The number of carbonyl (C=O) groups is 1. The fourth-order valence-corrected chi connectivity index (χ4v) is 4.98. The predicted octanol–water partition coefficient (Wildman–Crippen LogP) is 4.48. The van der Waals surface area contributed by atoms with Crippen LogP contribution in [0.5, 0.6) is 0 Å². The molecule has 8 heteroatoms. The molecule has 1 saturated heterocycles. The van der Waals surface area contributed by atoms with Crippen molar-refractivity contribution in [1.29, 1.82) is 0 Å². The second-order valence-electron chi connectivity index (χ2n) is 7.91. The first-order valence-electron chi connectivity index (χ1n) is 10.0. The Hall–Kier alpha value is -2.61. The summed E-state index contributed by atoms with van der Waals surface area (Å²) >= 11 is 1.24. The van der Waals surface area contributed by atoms with E-state index in [4.69, 9.17) is 0 Å². The lowest BCUT2D eigenvalue weighted by Gasteiger charge is -2.34. The zero-order chi connectivity index (χ0) is 20.8. The molecule has 0 radical (unpaired) electrons. The van der Waals surface area contributed by atoms with Crippen molar-refractivity contribution in [3.05, 3.63) is 58.9 Å². The van der Waals surface area contributed by atoms with Crippen LogP contribution in [-0.4, -0.2) is 42.0 Å². The number of hydrogen-bond acceptors (Lipinski definition) is 4. The van der Waals surface area contributed by atoms with Crippen LogP contribution in [0.25, 0.3) is 10.2 Å². The van der Waals surface area contributed by atoms with Crippen LogP contribution in [0.1, 0.15) is 29.9 Å². The number of halogens is 3. The van der Waals surface area contributed by atoms with Crippen LogP contribution in [0.2, 0.25) is 0 Å². The normalized spacial score (nSPS) is 17.0. The molecule has 5 rings (SSSR count). The van der Waals surface area contributed by atoms with Crippen molar-refractivity contribution in [2.24, 2.45) is 0 Å². The van der Waals surface area contributed by atoms with E-state index >= 15 is 0 Å². The first-order chi connectivity index (χ1) is 14.5. The van der Waals surface area contributed by atoms with Gasteiger partial charge in [-0.25, -0.2) is 18.2 Å². The summed E-state index contributed by atoms with van der Waals surface area (Å²) in [6, 6.07) is 7.26. The number of aromatic nitrogens is 1. The molecule has 3 aromatic rings. The summed E-state index contributed by atoms with van der Waals surface area (Å²) in [5.41, 5.74) is 1.62. The minimum atomic E-state index is -0.666. The van der Waals surface area contributed by atoms with Crippen molar-refractivity contribution in [1.82, 2.24) is 9.88 Å². The van der Waals surface area contributed by atoms with Crippen LogP contribution in [0, 0.1) is 17.5 Å². The number of nitrogens with zero attached hydrogens (tertiary/aromatic N) is 3. The lowest BCUT2D eigenvalue weighted by atomic mass is 10.0. The maximum Gasteiger partial charge on any atom is 0.227 e. The molecular formula is C22H20F3N3OS. The third-order valence-electron chi connectivity index (χ3n) is 5.74. The number of thiazole rings is 1. The maximum atomic E-state index is 14.2. The number of fused-ring (bicyclic) bond motifs is 1. The van der Waals surface area contributed by atoms with E-state index in [9.17, 15) is 18.0 Å². The van der Waals surface area contributed by atoms with Gasteiger partial charge in [0.1, 0.15) is 17.2 Å². The van der Waals surface area contributed by atoms with Crippen molar-refractivity contribution in [3.8, 4) is 0 Å². The Labute approximate surface area is 175 Å². The van der Waals surface area contributed by atoms with Gasteiger partial charge in [-0.15, -0.1) is 0 Å². The molecule has 0 bridgehead atoms. The minimum Gasteiger partial charge on any atom is -0.345 e. The molecular weight excluding hydrogens is 411 g/mol. The highest BCUT2D eigenvalue weighted by Gasteiger charge is 2.27. The Balaban J connectivity index is 1.22. The van der Waals surface area contributed by atoms with E-state index < -0.39 is 11.6 Å². The van der Waals surface area contributed by atoms with E-state index in [1.165, 1.54) is 23.5 Å². The highest BCUT2D eigenvalue weighted by atomic mass is 32.1. The standard InChI is InChI=1S/C22H20F3N3OS/c23-15-11-18(25)21-19(12-15)30-22(26-21)28-7-5-27(6-8-28)20(29)10-13-1-4-16(14-2-3-14)17(24)9-13/h1,4,9,11-12,14H,2-3,5-8,10H2. The summed E-state index contributed by atoms with van der Waals surface area (Å²) in [6.45, 7) is 2.14. The summed E-state index contributed by atoms with van der Waals surface area (Å²) in [7, 11) is 0. The van der Waals surface area contributed by atoms with Crippen LogP contribution in [-0.2, 0) is 11.2 Å². The van der Waals surface area contributed by atoms with Gasteiger partial charge in [0.2, 0.25) is 5.91 Å². The molecule has 1 aliphatic heterocycles. The van der Waals surface area contributed by atoms with Crippen molar-refractivity contribution >= 4 is 32.6 Å². The van der Waals surface area contributed by atoms with Gasteiger partial charge in [0, 0.05) is 32.2 Å². The second-order valence-corrected chi connectivity index (χ2v) is 8.91. The molecule has 4 nitrogen and oxygen atoms in total.